The van der Waals surface area contributed by atoms with Crippen LogP contribution < -0.4 is 0 Å². The van der Waals surface area contributed by atoms with Gasteiger partial charge in [0, 0.05) is 19.3 Å². The first kappa shape index (κ1) is 74.8. The van der Waals surface area contributed by atoms with Crippen LogP contribution in [-0.2, 0) is 28.6 Å². The highest BCUT2D eigenvalue weighted by molar-refractivity contribution is 5.71. The molecule has 0 aromatic carbocycles. The van der Waals surface area contributed by atoms with Gasteiger partial charge in [-0.15, -0.1) is 0 Å². The van der Waals surface area contributed by atoms with Crippen molar-refractivity contribution in [2.75, 3.05) is 13.2 Å². The van der Waals surface area contributed by atoms with E-state index in [0.717, 1.165) is 135 Å². The predicted octanol–water partition coefficient (Wildman–Crippen LogP) is 22.8. The number of carbonyl (C=O) groups is 3. The van der Waals surface area contributed by atoms with Gasteiger partial charge in [-0.3, -0.25) is 14.4 Å². The molecule has 0 aliphatic carbocycles. The van der Waals surface area contributed by atoms with E-state index in [2.05, 4.69) is 142 Å². The first-order valence-corrected chi connectivity index (χ1v) is 33.0. The van der Waals surface area contributed by atoms with Crippen LogP contribution in [-0.4, -0.2) is 37.2 Å². The summed E-state index contributed by atoms with van der Waals surface area (Å²) in [6, 6.07) is 0. The van der Waals surface area contributed by atoms with Crippen LogP contribution in [0.15, 0.2) is 122 Å². The minimum Gasteiger partial charge on any atom is -0.462 e. The van der Waals surface area contributed by atoms with Gasteiger partial charge in [0.05, 0.1) is 0 Å². The lowest BCUT2D eigenvalue weighted by atomic mass is 10.0. The SMILES string of the molecule is CC/C=C\C/C=C\C/C=C\C/C=C\C/C=C\C/C=C\CCCCCCCCCCC(=O)OCC(COC(=O)CCCCCCCCCCCCCCC)OC(=O)CCCCCCCCCC/C=C\C/C=C\C/C=C\C/C=C\CC. The molecule has 1 unspecified atom stereocenters. The van der Waals surface area contributed by atoms with Gasteiger partial charge in [0.1, 0.15) is 13.2 Å². The Balaban J connectivity index is 4.35. The normalized spacial score (nSPS) is 12.9. The molecule has 0 radical (unpaired) electrons. The van der Waals surface area contributed by atoms with Crippen molar-refractivity contribution in [2.24, 2.45) is 0 Å². The molecule has 0 rings (SSSR count). The average molecular weight is 1100 g/mol. The first-order chi connectivity index (χ1) is 39.0. The second-order valence-electron chi connectivity index (χ2n) is 21.6. The maximum atomic E-state index is 12.9. The quantitative estimate of drug-likeness (QED) is 0.0261. The molecule has 0 aromatic heterocycles. The van der Waals surface area contributed by atoms with E-state index in [1.54, 1.807) is 0 Å². The van der Waals surface area contributed by atoms with Crippen LogP contribution in [0, 0.1) is 0 Å². The highest BCUT2D eigenvalue weighted by atomic mass is 16.6. The summed E-state index contributed by atoms with van der Waals surface area (Å²) in [5.74, 6) is -0.892. The van der Waals surface area contributed by atoms with Gasteiger partial charge in [0.2, 0.25) is 0 Å². The number of allylic oxidation sites excluding steroid dienone is 20. The van der Waals surface area contributed by atoms with E-state index in [0.29, 0.717) is 19.3 Å². The van der Waals surface area contributed by atoms with Crippen LogP contribution in [0.1, 0.15) is 303 Å². The Labute approximate surface area is 488 Å². The van der Waals surface area contributed by atoms with Crippen LogP contribution in [0.4, 0.5) is 0 Å². The monoisotopic (exact) mass is 1090 g/mol. The minimum atomic E-state index is -0.789. The molecular weight excluding hydrogens is 973 g/mol. The number of carbonyl (C=O) groups excluding carboxylic acids is 3. The molecule has 0 amide bonds. The highest BCUT2D eigenvalue weighted by Crippen LogP contribution is 2.16. The fraction of sp³-hybridized carbons (Fsp3) is 0.685. The molecule has 0 bridgehead atoms. The lowest BCUT2D eigenvalue weighted by Gasteiger charge is -2.18. The third-order valence-corrected chi connectivity index (χ3v) is 14.0. The van der Waals surface area contributed by atoms with E-state index in [1.165, 1.54) is 128 Å². The maximum absolute atomic E-state index is 12.9. The summed E-state index contributed by atoms with van der Waals surface area (Å²) < 4.78 is 16.9. The zero-order valence-corrected chi connectivity index (χ0v) is 51.6. The van der Waals surface area contributed by atoms with E-state index in [9.17, 15) is 14.4 Å². The van der Waals surface area contributed by atoms with Gasteiger partial charge < -0.3 is 14.2 Å². The summed E-state index contributed by atoms with van der Waals surface area (Å²) in [4.78, 5) is 38.4. The van der Waals surface area contributed by atoms with Crippen molar-refractivity contribution in [1.29, 1.82) is 0 Å². The zero-order chi connectivity index (χ0) is 57.1. The van der Waals surface area contributed by atoms with Crippen LogP contribution in [0.2, 0.25) is 0 Å². The minimum absolute atomic E-state index is 0.0834. The van der Waals surface area contributed by atoms with E-state index in [-0.39, 0.29) is 31.1 Å². The van der Waals surface area contributed by atoms with Gasteiger partial charge in [-0.05, 0) is 109 Å². The molecule has 0 saturated heterocycles. The molecule has 6 heteroatoms. The molecule has 0 aromatic rings. The molecule has 0 spiro atoms. The lowest BCUT2D eigenvalue weighted by Crippen LogP contribution is -2.30. The summed E-state index contributed by atoms with van der Waals surface area (Å²) in [6.45, 7) is 6.42. The third-order valence-electron chi connectivity index (χ3n) is 14.0. The van der Waals surface area contributed by atoms with Gasteiger partial charge in [0.15, 0.2) is 6.10 Å². The van der Waals surface area contributed by atoms with Crippen molar-refractivity contribution in [3.63, 3.8) is 0 Å². The number of esters is 3. The molecule has 450 valence electrons. The van der Waals surface area contributed by atoms with Crippen molar-refractivity contribution in [2.45, 2.75) is 309 Å². The van der Waals surface area contributed by atoms with Crippen molar-refractivity contribution in [3.8, 4) is 0 Å². The van der Waals surface area contributed by atoms with Crippen LogP contribution in [0.3, 0.4) is 0 Å². The van der Waals surface area contributed by atoms with Crippen molar-refractivity contribution in [1.82, 2.24) is 0 Å². The molecule has 0 heterocycles. The number of hydrogen-bond acceptors (Lipinski definition) is 6. The Morgan fingerprint density at radius 2 is 0.494 bits per heavy atom. The largest absolute Gasteiger partial charge is 0.462 e. The highest BCUT2D eigenvalue weighted by Gasteiger charge is 2.19. The van der Waals surface area contributed by atoms with Crippen LogP contribution in [0.5, 0.6) is 0 Å². The van der Waals surface area contributed by atoms with E-state index >= 15 is 0 Å². The first-order valence-electron chi connectivity index (χ1n) is 33.0. The topological polar surface area (TPSA) is 78.9 Å². The second-order valence-corrected chi connectivity index (χ2v) is 21.6. The molecule has 0 saturated carbocycles. The van der Waals surface area contributed by atoms with Crippen LogP contribution in [0.25, 0.3) is 0 Å². The van der Waals surface area contributed by atoms with Gasteiger partial charge in [-0.1, -0.05) is 296 Å². The van der Waals surface area contributed by atoms with Gasteiger partial charge in [-0.2, -0.15) is 0 Å². The second kappa shape index (κ2) is 66.3. The van der Waals surface area contributed by atoms with Crippen molar-refractivity contribution < 1.29 is 28.6 Å². The zero-order valence-electron chi connectivity index (χ0n) is 51.6. The number of rotatable bonds is 59. The van der Waals surface area contributed by atoms with Gasteiger partial charge in [-0.25, -0.2) is 0 Å². The molecule has 6 nitrogen and oxygen atoms in total. The fourth-order valence-electron chi connectivity index (χ4n) is 9.09. The Kier molecular flexibility index (Phi) is 62.8. The summed E-state index contributed by atoms with van der Waals surface area (Å²) in [5, 5.41) is 0. The van der Waals surface area contributed by atoms with Gasteiger partial charge >= 0.3 is 17.9 Å². The summed E-state index contributed by atoms with van der Waals surface area (Å²) >= 11 is 0. The summed E-state index contributed by atoms with van der Waals surface area (Å²) in [7, 11) is 0. The Morgan fingerprint density at radius 3 is 0.772 bits per heavy atom. The molecule has 0 N–H and O–H groups in total. The smallest absolute Gasteiger partial charge is 0.306 e. The average Bonchev–Trinajstić information content (AvgIpc) is 3.45. The summed E-state index contributed by atoms with van der Waals surface area (Å²) in [6.07, 6.45) is 92.0. The van der Waals surface area contributed by atoms with Crippen molar-refractivity contribution in [3.05, 3.63) is 122 Å². The van der Waals surface area contributed by atoms with E-state index < -0.39 is 6.10 Å². The van der Waals surface area contributed by atoms with Crippen molar-refractivity contribution >= 4 is 17.9 Å². The lowest BCUT2D eigenvalue weighted by molar-refractivity contribution is -0.167. The molecule has 1 atom stereocenters. The number of ether oxygens (including phenoxy) is 3. The number of hydrogen-bond donors (Lipinski definition) is 0. The predicted molar refractivity (Wildman–Crippen MR) is 343 cm³/mol. The van der Waals surface area contributed by atoms with Crippen LogP contribution >= 0.6 is 0 Å². The number of unbranched alkanes of at least 4 members (excludes halogenated alkanes) is 28. The van der Waals surface area contributed by atoms with Gasteiger partial charge in [0.25, 0.3) is 0 Å². The third kappa shape index (κ3) is 64.5. The standard InChI is InChI=1S/C73H122O6/c1-4-7-10-13-16-19-22-25-27-29-31-33-34-35-36-37-38-40-41-43-45-48-51-54-57-60-63-66-72(75)78-69-70(68-77-71(74)65-62-59-56-53-50-47-24-21-18-15-12-9-6-3)79-73(76)67-64-61-58-55-52-49-46-44-42-39-32-30-28-26-23-20-17-14-11-8-5-2/h7-8,10-11,16-17,19-20,25-28,31-33,35-36,38-40,70H,4-6,9,12-15,18,21-24,29-30,34,37,41-69H2,1-3H3/b10-7-,11-8-,19-16-,20-17-,27-25-,28-26-,33-31-,36-35-,39-32-,40-38-. The molecule has 79 heavy (non-hydrogen) atoms. The molecule has 0 aliphatic heterocycles. The molecule has 0 aliphatic rings. The molecule has 0 fully saturated rings. The fourth-order valence-corrected chi connectivity index (χ4v) is 9.09. The van der Waals surface area contributed by atoms with E-state index in [1.807, 2.05) is 0 Å². The Bertz CT molecular complexity index is 1640. The van der Waals surface area contributed by atoms with E-state index in [4.69, 9.17) is 14.2 Å². The summed E-state index contributed by atoms with van der Waals surface area (Å²) in [5.41, 5.74) is 0. The maximum Gasteiger partial charge on any atom is 0.306 e. The Hall–Kier alpha value is -4.19. The molecular formula is C73H122O6. The Morgan fingerprint density at radius 1 is 0.266 bits per heavy atom.